The molecule has 2 atom stereocenters. The Morgan fingerprint density at radius 3 is 2.72 bits per heavy atom. The molecule has 3 nitrogen and oxygen atoms in total. The zero-order valence-corrected chi connectivity index (χ0v) is 13.3. The summed E-state index contributed by atoms with van der Waals surface area (Å²) in [5, 5.41) is 4.68. The van der Waals surface area contributed by atoms with Crippen molar-refractivity contribution in [2.24, 2.45) is 11.1 Å². The third-order valence-electron chi connectivity index (χ3n) is 4.16. The smallest absolute Gasteiger partial charge is 0.0766 e. The molecule has 2 unspecified atom stereocenters. The highest BCUT2D eigenvalue weighted by atomic mass is 79.9. The summed E-state index contributed by atoms with van der Waals surface area (Å²) < 4.78 is 3.37. The predicted molar refractivity (Wildman–Crippen MR) is 78.6 cm³/mol. The third kappa shape index (κ3) is 2.64. The Morgan fingerprint density at radius 1 is 1.50 bits per heavy atom. The molecular formula is C14H24BrN3. The Morgan fingerprint density at radius 2 is 2.22 bits per heavy atom. The Kier molecular flexibility index (Phi) is 4.17. The normalized spacial score (nSPS) is 27.9. The molecule has 1 saturated carbocycles. The van der Waals surface area contributed by atoms with Crippen molar-refractivity contribution in [1.29, 1.82) is 0 Å². The minimum Gasteiger partial charge on any atom is -0.328 e. The molecule has 2 N–H and O–H groups in total. The van der Waals surface area contributed by atoms with Crippen LogP contribution in [0.15, 0.2) is 4.47 Å². The zero-order valence-electron chi connectivity index (χ0n) is 11.7. The molecule has 1 heterocycles. The van der Waals surface area contributed by atoms with E-state index < -0.39 is 0 Å². The van der Waals surface area contributed by atoms with Gasteiger partial charge in [0.15, 0.2) is 0 Å². The van der Waals surface area contributed by atoms with E-state index in [0.717, 1.165) is 32.2 Å². The van der Waals surface area contributed by atoms with E-state index in [9.17, 15) is 0 Å². The van der Waals surface area contributed by atoms with Crippen molar-refractivity contribution in [3.63, 3.8) is 0 Å². The first-order valence-electron chi connectivity index (χ1n) is 6.98. The van der Waals surface area contributed by atoms with E-state index in [1.165, 1.54) is 22.3 Å². The first kappa shape index (κ1) is 14.1. The molecule has 0 bridgehead atoms. The van der Waals surface area contributed by atoms with E-state index in [1.807, 2.05) is 0 Å². The molecule has 0 aliphatic heterocycles. The molecule has 0 spiro atoms. The summed E-state index contributed by atoms with van der Waals surface area (Å²) >= 11 is 3.74. The molecule has 1 aliphatic carbocycles. The molecule has 4 heteroatoms. The molecule has 1 aromatic rings. The molecule has 1 aromatic heterocycles. The summed E-state index contributed by atoms with van der Waals surface area (Å²) in [5.41, 5.74) is 8.95. The average molecular weight is 314 g/mol. The minimum atomic E-state index is 0.347. The molecule has 0 saturated heterocycles. The Labute approximate surface area is 118 Å². The van der Waals surface area contributed by atoms with Gasteiger partial charge in [-0.3, -0.25) is 4.68 Å². The van der Waals surface area contributed by atoms with Gasteiger partial charge in [0.05, 0.1) is 15.9 Å². The molecule has 0 aromatic carbocycles. The van der Waals surface area contributed by atoms with Gasteiger partial charge in [-0.05, 0) is 60.4 Å². The van der Waals surface area contributed by atoms with Crippen LogP contribution >= 0.6 is 15.9 Å². The number of hydrogen-bond donors (Lipinski definition) is 1. The van der Waals surface area contributed by atoms with E-state index in [0.29, 0.717) is 11.5 Å². The molecule has 102 valence electrons. The van der Waals surface area contributed by atoms with Crippen molar-refractivity contribution in [1.82, 2.24) is 9.78 Å². The lowest BCUT2D eigenvalue weighted by molar-refractivity contribution is 0.318. The Bertz CT molecular complexity index is 427. The van der Waals surface area contributed by atoms with Crippen LogP contribution in [0.3, 0.4) is 0 Å². The summed E-state index contributed by atoms with van der Waals surface area (Å²) in [6, 6.07) is 0.386. The highest BCUT2D eigenvalue weighted by Gasteiger charge is 2.35. The van der Waals surface area contributed by atoms with Crippen LogP contribution in [0.5, 0.6) is 0 Å². The first-order chi connectivity index (χ1) is 8.49. The van der Waals surface area contributed by atoms with Crippen LogP contribution in [0.4, 0.5) is 0 Å². The topological polar surface area (TPSA) is 43.8 Å². The minimum absolute atomic E-state index is 0.347. The van der Waals surface area contributed by atoms with Gasteiger partial charge < -0.3 is 5.73 Å². The summed E-state index contributed by atoms with van der Waals surface area (Å²) in [5.74, 6) is 0. The lowest BCUT2D eigenvalue weighted by Gasteiger charge is -2.24. The van der Waals surface area contributed by atoms with Gasteiger partial charge in [0.1, 0.15) is 0 Å². The van der Waals surface area contributed by atoms with Crippen molar-refractivity contribution in [3.8, 4) is 0 Å². The fourth-order valence-corrected chi connectivity index (χ4v) is 3.83. The van der Waals surface area contributed by atoms with Crippen molar-refractivity contribution in [2.45, 2.75) is 65.5 Å². The number of halogens is 1. The maximum Gasteiger partial charge on any atom is 0.0766 e. The maximum absolute atomic E-state index is 6.07. The van der Waals surface area contributed by atoms with Crippen molar-refractivity contribution in [2.75, 3.05) is 0 Å². The summed E-state index contributed by atoms with van der Waals surface area (Å²) in [7, 11) is 0. The number of hydrogen-bond acceptors (Lipinski definition) is 2. The number of nitrogens with two attached hydrogens (primary N) is 1. The summed E-state index contributed by atoms with van der Waals surface area (Å²) in [4.78, 5) is 0. The van der Waals surface area contributed by atoms with E-state index in [4.69, 9.17) is 5.73 Å². The van der Waals surface area contributed by atoms with Crippen LogP contribution in [0.1, 0.15) is 51.4 Å². The van der Waals surface area contributed by atoms with Crippen molar-refractivity contribution >= 4 is 15.9 Å². The van der Waals surface area contributed by atoms with Gasteiger partial charge in [-0.15, -0.1) is 0 Å². The predicted octanol–water partition coefficient (Wildman–Crippen LogP) is 3.29. The lowest BCUT2D eigenvalue weighted by atomic mass is 9.83. The summed E-state index contributed by atoms with van der Waals surface area (Å²) in [6.07, 6.45) is 5.60. The third-order valence-corrected chi connectivity index (χ3v) is 5.08. The number of aryl methyl sites for hydroxylation is 2. The maximum atomic E-state index is 6.07. The number of rotatable bonds is 4. The van der Waals surface area contributed by atoms with Gasteiger partial charge in [-0.1, -0.05) is 13.8 Å². The second kappa shape index (κ2) is 5.33. The van der Waals surface area contributed by atoms with Crippen LogP contribution in [0, 0.1) is 5.41 Å². The number of nitrogens with zero attached hydrogens (tertiary/aromatic N) is 2. The molecule has 1 aliphatic rings. The van der Waals surface area contributed by atoms with E-state index in [1.54, 1.807) is 0 Å². The van der Waals surface area contributed by atoms with Gasteiger partial charge in [0, 0.05) is 12.6 Å². The monoisotopic (exact) mass is 313 g/mol. The van der Waals surface area contributed by atoms with E-state index in [-0.39, 0.29) is 0 Å². The molecule has 1 fully saturated rings. The quantitative estimate of drug-likeness (QED) is 0.927. The van der Waals surface area contributed by atoms with Crippen LogP contribution in [-0.4, -0.2) is 15.8 Å². The van der Waals surface area contributed by atoms with Gasteiger partial charge in [-0.2, -0.15) is 5.10 Å². The summed E-state index contributed by atoms with van der Waals surface area (Å²) in [6.45, 7) is 7.62. The zero-order chi connectivity index (χ0) is 13.3. The fraction of sp³-hybridized carbons (Fsp3) is 0.786. The largest absolute Gasteiger partial charge is 0.328 e. The molecule has 0 radical (unpaired) electrons. The van der Waals surface area contributed by atoms with Crippen LogP contribution in [0.25, 0.3) is 0 Å². The molecule has 2 rings (SSSR count). The second-order valence-corrected chi connectivity index (χ2v) is 6.66. The highest BCUT2D eigenvalue weighted by Crippen LogP contribution is 2.41. The van der Waals surface area contributed by atoms with E-state index in [2.05, 4.69) is 46.5 Å². The standard InChI is InChI=1S/C14H24BrN3/c1-4-11-13(15)12(18(5-2)17-11)9-14(3)7-6-10(16)8-14/h10H,4-9,16H2,1-3H3. The average Bonchev–Trinajstić information content (AvgIpc) is 2.82. The van der Waals surface area contributed by atoms with Crippen molar-refractivity contribution < 1.29 is 0 Å². The van der Waals surface area contributed by atoms with Gasteiger partial charge in [-0.25, -0.2) is 0 Å². The van der Waals surface area contributed by atoms with Gasteiger partial charge in [0.2, 0.25) is 0 Å². The second-order valence-electron chi connectivity index (χ2n) is 5.87. The SMILES string of the molecule is CCc1nn(CC)c(CC2(C)CCC(N)C2)c1Br. The first-order valence-corrected chi connectivity index (χ1v) is 7.78. The highest BCUT2D eigenvalue weighted by molar-refractivity contribution is 9.10. The fourth-order valence-electron chi connectivity index (χ4n) is 3.12. The van der Waals surface area contributed by atoms with Crippen LogP contribution in [-0.2, 0) is 19.4 Å². The lowest BCUT2D eigenvalue weighted by Crippen LogP contribution is -2.22. The van der Waals surface area contributed by atoms with Crippen molar-refractivity contribution in [3.05, 3.63) is 15.9 Å². The molecular weight excluding hydrogens is 290 g/mol. The van der Waals surface area contributed by atoms with Gasteiger partial charge >= 0.3 is 0 Å². The number of aromatic nitrogens is 2. The molecule has 18 heavy (non-hydrogen) atoms. The van der Waals surface area contributed by atoms with E-state index >= 15 is 0 Å². The van der Waals surface area contributed by atoms with Crippen LogP contribution in [0.2, 0.25) is 0 Å². The Balaban J connectivity index is 2.25. The molecule has 0 amide bonds. The van der Waals surface area contributed by atoms with Crippen LogP contribution < -0.4 is 5.73 Å². The van der Waals surface area contributed by atoms with Gasteiger partial charge in [0.25, 0.3) is 0 Å². The Hall–Kier alpha value is -0.350.